The van der Waals surface area contributed by atoms with Gasteiger partial charge in [-0.25, -0.2) is 9.97 Å². The molecule has 9 aromatic rings. The molecule has 0 amide bonds. The first-order valence-corrected chi connectivity index (χ1v) is 15.2. The molecule has 3 heterocycles. The van der Waals surface area contributed by atoms with Crippen LogP contribution < -0.4 is 0 Å². The molecular formula is C40H25N5O. The largest absolute Gasteiger partial charge is 0.435 e. The van der Waals surface area contributed by atoms with E-state index in [9.17, 15) is 0 Å². The van der Waals surface area contributed by atoms with E-state index >= 15 is 0 Å². The summed E-state index contributed by atoms with van der Waals surface area (Å²) in [5.74, 6) is 2.17. The topological polar surface area (TPSA) is 69.6 Å². The van der Waals surface area contributed by atoms with Crippen LogP contribution in [0.4, 0.5) is 0 Å². The lowest BCUT2D eigenvalue weighted by molar-refractivity contribution is 0.620. The lowest BCUT2D eigenvalue weighted by Crippen LogP contribution is -2.06. The number of benzene rings is 6. The minimum atomic E-state index is 0.511. The molecule has 6 heteroatoms. The summed E-state index contributed by atoms with van der Waals surface area (Å²) in [4.78, 5) is 20.0. The molecule has 0 atom stereocenters. The zero-order chi connectivity index (χ0) is 30.5. The van der Waals surface area contributed by atoms with Crippen molar-refractivity contribution < 1.29 is 4.42 Å². The Balaban J connectivity index is 1.30. The molecule has 0 fully saturated rings. The number of hydrogen-bond acceptors (Lipinski definition) is 5. The molecule has 0 aliphatic rings. The Hall–Kier alpha value is -6.40. The number of aromatic nitrogens is 5. The zero-order valence-corrected chi connectivity index (χ0v) is 24.6. The first-order valence-electron chi connectivity index (χ1n) is 15.2. The lowest BCUT2D eigenvalue weighted by Gasteiger charge is -2.11. The van der Waals surface area contributed by atoms with Crippen molar-refractivity contribution in [1.82, 2.24) is 24.5 Å². The Morgan fingerprint density at radius 2 is 1.09 bits per heavy atom. The highest BCUT2D eigenvalue weighted by molar-refractivity contribution is 6.10. The van der Waals surface area contributed by atoms with Crippen molar-refractivity contribution in [3.8, 4) is 51.3 Å². The molecule has 6 nitrogen and oxygen atoms in total. The minimum absolute atomic E-state index is 0.511. The molecule has 0 aliphatic heterocycles. The number of nitrogens with zero attached hydrogens (tertiary/aromatic N) is 5. The molecule has 0 unspecified atom stereocenters. The number of fused-ring (bicyclic) bond motifs is 4. The van der Waals surface area contributed by atoms with Crippen LogP contribution in [0.15, 0.2) is 156 Å². The van der Waals surface area contributed by atoms with Crippen molar-refractivity contribution in [2.75, 3.05) is 0 Å². The highest BCUT2D eigenvalue weighted by Crippen LogP contribution is 2.36. The maximum atomic E-state index is 6.39. The normalized spacial score (nSPS) is 11.5. The average Bonchev–Trinajstić information content (AvgIpc) is 3.72. The summed E-state index contributed by atoms with van der Waals surface area (Å²) < 4.78 is 8.53. The van der Waals surface area contributed by atoms with Crippen LogP contribution in [0, 0.1) is 0 Å². The monoisotopic (exact) mass is 591 g/mol. The molecular weight excluding hydrogens is 566 g/mol. The van der Waals surface area contributed by atoms with E-state index in [-0.39, 0.29) is 0 Å². The Morgan fingerprint density at radius 3 is 1.87 bits per heavy atom. The molecule has 0 saturated carbocycles. The van der Waals surface area contributed by atoms with Gasteiger partial charge in [0.2, 0.25) is 11.8 Å². The van der Waals surface area contributed by atoms with Gasteiger partial charge in [-0.15, -0.1) is 0 Å². The van der Waals surface area contributed by atoms with Gasteiger partial charge in [-0.05, 0) is 53.6 Å². The molecule has 46 heavy (non-hydrogen) atoms. The SMILES string of the molecule is c1ccc(-c2ccc3c(c2)c2ccccc2n3-c2nc(-c3ccccc3)nc(-c3cccc4nc(-c5ccccc5)oc34)n2)cc1. The highest BCUT2D eigenvalue weighted by atomic mass is 16.3. The molecule has 0 radical (unpaired) electrons. The van der Waals surface area contributed by atoms with Gasteiger partial charge in [0.05, 0.1) is 16.6 Å². The van der Waals surface area contributed by atoms with E-state index in [1.54, 1.807) is 0 Å². The van der Waals surface area contributed by atoms with Crippen molar-refractivity contribution in [1.29, 1.82) is 0 Å². The Morgan fingerprint density at radius 1 is 0.435 bits per heavy atom. The van der Waals surface area contributed by atoms with Crippen LogP contribution in [-0.2, 0) is 0 Å². The van der Waals surface area contributed by atoms with Crippen molar-refractivity contribution in [2.45, 2.75) is 0 Å². The maximum absolute atomic E-state index is 6.39. The van der Waals surface area contributed by atoms with E-state index in [2.05, 4.69) is 71.3 Å². The quantitative estimate of drug-likeness (QED) is 0.199. The standard InChI is InChI=1S/C40H25N5O/c1-4-13-26(14-5-1)29-23-24-35-32(25-29)30-19-10-11-22-34(30)45(35)40-43-37(27-15-6-2-7-16-27)42-38(44-40)31-20-12-21-33-36(31)46-39(41-33)28-17-8-3-9-18-28/h1-25H. The molecule has 0 bridgehead atoms. The van der Waals surface area contributed by atoms with Crippen molar-refractivity contribution in [3.63, 3.8) is 0 Å². The molecule has 9 rings (SSSR count). The summed E-state index contributed by atoms with van der Waals surface area (Å²) in [6.45, 7) is 0. The molecule has 0 saturated heterocycles. The number of rotatable bonds is 5. The van der Waals surface area contributed by atoms with E-state index < -0.39 is 0 Å². The molecule has 3 aromatic heterocycles. The maximum Gasteiger partial charge on any atom is 0.238 e. The van der Waals surface area contributed by atoms with Gasteiger partial charge in [0.15, 0.2) is 17.2 Å². The van der Waals surface area contributed by atoms with E-state index in [0.717, 1.165) is 49.6 Å². The van der Waals surface area contributed by atoms with E-state index in [4.69, 9.17) is 24.4 Å². The van der Waals surface area contributed by atoms with E-state index in [1.807, 2.05) is 84.9 Å². The predicted molar refractivity (Wildman–Crippen MR) is 183 cm³/mol. The first-order chi connectivity index (χ1) is 22.8. The van der Waals surface area contributed by atoms with Gasteiger partial charge in [0.25, 0.3) is 0 Å². The summed E-state index contributed by atoms with van der Waals surface area (Å²) in [7, 11) is 0. The van der Waals surface area contributed by atoms with Crippen LogP contribution in [-0.4, -0.2) is 24.5 Å². The molecule has 0 aliphatic carbocycles. The molecule has 0 spiro atoms. The van der Waals surface area contributed by atoms with Gasteiger partial charge < -0.3 is 4.42 Å². The second kappa shape index (κ2) is 10.6. The lowest BCUT2D eigenvalue weighted by atomic mass is 10.0. The van der Waals surface area contributed by atoms with Crippen LogP contribution >= 0.6 is 0 Å². The Labute approximate surface area is 264 Å². The smallest absolute Gasteiger partial charge is 0.238 e. The zero-order valence-electron chi connectivity index (χ0n) is 24.6. The fraction of sp³-hybridized carbons (Fsp3) is 0. The van der Waals surface area contributed by atoms with Gasteiger partial charge in [0.1, 0.15) is 5.52 Å². The van der Waals surface area contributed by atoms with Crippen LogP contribution in [0.3, 0.4) is 0 Å². The van der Waals surface area contributed by atoms with Gasteiger partial charge >= 0.3 is 0 Å². The second-order valence-corrected chi connectivity index (χ2v) is 11.1. The summed E-state index contributed by atoms with van der Waals surface area (Å²) in [6, 6.07) is 51.2. The van der Waals surface area contributed by atoms with Crippen LogP contribution in [0.1, 0.15) is 0 Å². The molecule has 6 aromatic carbocycles. The third-order valence-corrected chi connectivity index (χ3v) is 8.31. The highest BCUT2D eigenvalue weighted by Gasteiger charge is 2.20. The number of hydrogen-bond donors (Lipinski definition) is 0. The van der Waals surface area contributed by atoms with Crippen LogP contribution in [0.5, 0.6) is 0 Å². The first kappa shape index (κ1) is 26.0. The predicted octanol–water partition coefficient (Wildman–Crippen LogP) is 9.78. The van der Waals surface area contributed by atoms with Gasteiger partial charge in [-0.3, -0.25) is 4.57 Å². The summed E-state index contributed by atoms with van der Waals surface area (Å²) in [6.07, 6.45) is 0. The van der Waals surface area contributed by atoms with Gasteiger partial charge in [-0.1, -0.05) is 109 Å². The van der Waals surface area contributed by atoms with Crippen molar-refractivity contribution in [3.05, 3.63) is 152 Å². The summed E-state index contributed by atoms with van der Waals surface area (Å²) in [5.41, 5.74) is 8.29. The molecule has 216 valence electrons. The number of oxazole rings is 1. The van der Waals surface area contributed by atoms with E-state index in [1.165, 1.54) is 5.56 Å². The van der Waals surface area contributed by atoms with Crippen molar-refractivity contribution in [2.24, 2.45) is 0 Å². The summed E-state index contributed by atoms with van der Waals surface area (Å²) in [5, 5.41) is 2.26. The van der Waals surface area contributed by atoms with E-state index in [0.29, 0.717) is 29.1 Å². The Bertz CT molecular complexity index is 2520. The fourth-order valence-electron chi connectivity index (χ4n) is 6.13. The van der Waals surface area contributed by atoms with Crippen LogP contribution in [0.25, 0.3) is 84.2 Å². The van der Waals surface area contributed by atoms with Crippen LogP contribution in [0.2, 0.25) is 0 Å². The number of para-hydroxylation sites is 2. The average molecular weight is 592 g/mol. The summed E-state index contributed by atoms with van der Waals surface area (Å²) >= 11 is 0. The fourth-order valence-corrected chi connectivity index (χ4v) is 6.13. The van der Waals surface area contributed by atoms with Crippen molar-refractivity contribution >= 4 is 32.9 Å². The second-order valence-electron chi connectivity index (χ2n) is 11.1. The Kier molecular flexibility index (Phi) is 6.03. The third kappa shape index (κ3) is 4.35. The van der Waals surface area contributed by atoms with Gasteiger partial charge in [-0.2, -0.15) is 9.97 Å². The third-order valence-electron chi connectivity index (χ3n) is 8.31. The minimum Gasteiger partial charge on any atom is -0.435 e. The van der Waals surface area contributed by atoms with Gasteiger partial charge in [0, 0.05) is 21.9 Å². The molecule has 0 N–H and O–H groups in total.